The molecule has 0 radical (unpaired) electrons. The zero-order valence-electron chi connectivity index (χ0n) is 12.8. The van der Waals surface area contributed by atoms with Crippen LogP contribution in [0.4, 0.5) is 4.39 Å². The van der Waals surface area contributed by atoms with Crippen molar-refractivity contribution in [2.45, 2.75) is 25.9 Å². The third-order valence-electron chi connectivity index (χ3n) is 4.16. The molecule has 22 heavy (non-hydrogen) atoms. The number of halogens is 1. The number of carboxylic acids is 1. The number of carboxylic acid groups (broad SMARTS) is 1. The van der Waals surface area contributed by atoms with E-state index < -0.39 is 11.9 Å². The van der Waals surface area contributed by atoms with Crippen LogP contribution >= 0.6 is 0 Å². The fourth-order valence-corrected chi connectivity index (χ4v) is 2.80. The summed E-state index contributed by atoms with van der Waals surface area (Å²) in [7, 11) is 1.68. The molecule has 1 aromatic carbocycles. The molecule has 0 aromatic heterocycles. The summed E-state index contributed by atoms with van der Waals surface area (Å²) in [5.74, 6) is -1.62. The van der Waals surface area contributed by atoms with Crippen molar-refractivity contribution in [3.63, 3.8) is 0 Å². The Labute approximate surface area is 129 Å². The zero-order chi connectivity index (χ0) is 16.3. The molecular formula is C16H21FN2O3. The highest BCUT2D eigenvalue weighted by Crippen LogP contribution is 2.20. The molecule has 0 spiro atoms. The van der Waals surface area contributed by atoms with E-state index in [9.17, 15) is 14.0 Å². The molecule has 0 aliphatic carbocycles. The third-order valence-corrected chi connectivity index (χ3v) is 4.16. The highest BCUT2D eigenvalue weighted by molar-refractivity contribution is 5.81. The van der Waals surface area contributed by atoms with E-state index in [2.05, 4.69) is 0 Å². The Morgan fingerprint density at radius 2 is 2.23 bits per heavy atom. The number of likely N-dealkylation sites (tertiary alicyclic amines) is 1. The number of nitrogens with zero attached hydrogens (tertiary/aromatic N) is 2. The van der Waals surface area contributed by atoms with Crippen molar-refractivity contribution in [1.82, 2.24) is 9.80 Å². The zero-order valence-corrected chi connectivity index (χ0v) is 12.8. The number of likely N-dealkylation sites (N-methyl/N-ethyl adjacent to an activating group) is 1. The molecule has 2 atom stereocenters. The maximum atomic E-state index is 13.2. The molecule has 1 saturated heterocycles. The Morgan fingerprint density at radius 1 is 1.50 bits per heavy atom. The number of hydrogen-bond donors (Lipinski definition) is 1. The topological polar surface area (TPSA) is 60.9 Å². The predicted molar refractivity (Wildman–Crippen MR) is 79.7 cm³/mol. The van der Waals surface area contributed by atoms with Crippen LogP contribution in [0, 0.1) is 11.7 Å². The summed E-state index contributed by atoms with van der Waals surface area (Å²) in [5.41, 5.74) is 0.730. The van der Waals surface area contributed by atoms with Crippen LogP contribution in [0.25, 0.3) is 0 Å². The SMILES string of the molecule is CC(C(=O)N(C)Cc1cccc(F)c1)N1CCC(C(=O)O)C1. The van der Waals surface area contributed by atoms with Crippen LogP contribution < -0.4 is 0 Å². The van der Waals surface area contributed by atoms with Crippen LogP contribution in [-0.2, 0) is 16.1 Å². The van der Waals surface area contributed by atoms with Crippen LogP contribution in [0.2, 0.25) is 0 Å². The number of carbonyl (C=O) groups is 2. The first-order valence-electron chi connectivity index (χ1n) is 7.34. The van der Waals surface area contributed by atoms with Crippen molar-refractivity contribution in [1.29, 1.82) is 0 Å². The van der Waals surface area contributed by atoms with Gasteiger partial charge in [-0.1, -0.05) is 12.1 Å². The first-order valence-corrected chi connectivity index (χ1v) is 7.34. The first kappa shape index (κ1) is 16.4. The lowest BCUT2D eigenvalue weighted by Gasteiger charge is -2.28. The van der Waals surface area contributed by atoms with Gasteiger partial charge in [-0.15, -0.1) is 0 Å². The molecule has 1 fully saturated rings. The minimum absolute atomic E-state index is 0.0877. The molecule has 2 unspecified atom stereocenters. The summed E-state index contributed by atoms with van der Waals surface area (Å²) in [6.07, 6.45) is 0.570. The average Bonchev–Trinajstić information content (AvgIpc) is 2.95. The van der Waals surface area contributed by atoms with E-state index in [1.54, 1.807) is 31.0 Å². The van der Waals surface area contributed by atoms with Gasteiger partial charge in [0, 0.05) is 20.1 Å². The Bertz CT molecular complexity index is 564. The smallest absolute Gasteiger partial charge is 0.307 e. The maximum Gasteiger partial charge on any atom is 0.307 e. The highest BCUT2D eigenvalue weighted by atomic mass is 19.1. The van der Waals surface area contributed by atoms with E-state index in [1.165, 1.54) is 12.1 Å². The summed E-state index contributed by atoms with van der Waals surface area (Å²) in [6.45, 7) is 3.12. The van der Waals surface area contributed by atoms with E-state index in [1.807, 2.05) is 4.90 Å². The van der Waals surface area contributed by atoms with Crippen LogP contribution in [0.3, 0.4) is 0 Å². The second-order valence-corrected chi connectivity index (χ2v) is 5.82. The van der Waals surface area contributed by atoms with E-state index in [-0.39, 0.29) is 17.8 Å². The Kier molecular flexibility index (Phi) is 5.13. The molecule has 1 heterocycles. The van der Waals surface area contributed by atoms with Crippen molar-refractivity contribution >= 4 is 11.9 Å². The number of carbonyl (C=O) groups excluding carboxylic acids is 1. The van der Waals surface area contributed by atoms with Crippen molar-refractivity contribution in [2.75, 3.05) is 20.1 Å². The monoisotopic (exact) mass is 308 g/mol. The quantitative estimate of drug-likeness (QED) is 0.897. The van der Waals surface area contributed by atoms with Crippen LogP contribution in [0.5, 0.6) is 0 Å². The van der Waals surface area contributed by atoms with Gasteiger partial charge in [0.15, 0.2) is 0 Å². The molecular weight excluding hydrogens is 287 g/mol. The summed E-state index contributed by atoms with van der Waals surface area (Å²) in [6, 6.07) is 5.79. The lowest BCUT2D eigenvalue weighted by Crippen LogP contribution is -2.44. The van der Waals surface area contributed by atoms with Gasteiger partial charge in [-0.3, -0.25) is 14.5 Å². The molecule has 0 bridgehead atoms. The highest BCUT2D eigenvalue weighted by Gasteiger charge is 2.34. The van der Waals surface area contributed by atoms with Gasteiger partial charge in [0.2, 0.25) is 5.91 Å². The lowest BCUT2D eigenvalue weighted by molar-refractivity contribution is -0.142. The van der Waals surface area contributed by atoms with E-state index >= 15 is 0 Å². The van der Waals surface area contributed by atoms with Gasteiger partial charge < -0.3 is 10.0 Å². The molecule has 1 aliphatic heterocycles. The average molecular weight is 308 g/mol. The van der Waals surface area contributed by atoms with Crippen LogP contribution in [-0.4, -0.2) is 53.0 Å². The van der Waals surface area contributed by atoms with Gasteiger partial charge in [-0.05, 0) is 37.6 Å². The fraction of sp³-hybridized carbons (Fsp3) is 0.500. The Morgan fingerprint density at radius 3 is 2.82 bits per heavy atom. The molecule has 0 saturated carbocycles. The third kappa shape index (κ3) is 3.82. The van der Waals surface area contributed by atoms with E-state index in [0.717, 1.165) is 5.56 Å². The molecule has 2 rings (SSSR count). The largest absolute Gasteiger partial charge is 0.481 e. The molecule has 6 heteroatoms. The number of hydrogen-bond acceptors (Lipinski definition) is 3. The second-order valence-electron chi connectivity index (χ2n) is 5.82. The van der Waals surface area contributed by atoms with E-state index in [0.29, 0.717) is 26.1 Å². The first-order chi connectivity index (χ1) is 10.4. The summed E-state index contributed by atoms with van der Waals surface area (Å²) in [4.78, 5) is 26.9. The van der Waals surface area contributed by atoms with Gasteiger partial charge in [0.25, 0.3) is 0 Å². The Hall–Kier alpha value is -1.95. The minimum atomic E-state index is -0.810. The predicted octanol–water partition coefficient (Wildman–Crippen LogP) is 1.58. The summed E-state index contributed by atoms with van der Waals surface area (Å²) < 4.78 is 13.2. The standard InChI is InChI=1S/C16H21FN2O3/c1-11(19-7-6-13(10-19)16(21)22)15(20)18(2)9-12-4-3-5-14(17)8-12/h3-5,8,11,13H,6-7,9-10H2,1-2H3,(H,21,22). The van der Waals surface area contributed by atoms with Crippen molar-refractivity contribution in [3.05, 3.63) is 35.6 Å². The summed E-state index contributed by atoms with van der Waals surface area (Å²) >= 11 is 0. The number of rotatable bonds is 5. The summed E-state index contributed by atoms with van der Waals surface area (Å²) in [5, 5.41) is 9.02. The van der Waals surface area contributed by atoms with Crippen molar-refractivity contribution in [2.24, 2.45) is 5.92 Å². The molecule has 1 aromatic rings. The number of benzene rings is 1. The second kappa shape index (κ2) is 6.87. The maximum absolute atomic E-state index is 13.2. The van der Waals surface area contributed by atoms with Gasteiger partial charge >= 0.3 is 5.97 Å². The molecule has 1 aliphatic rings. The molecule has 1 N–H and O–H groups in total. The van der Waals surface area contributed by atoms with Gasteiger partial charge in [-0.2, -0.15) is 0 Å². The molecule has 5 nitrogen and oxygen atoms in total. The number of amides is 1. The van der Waals surface area contributed by atoms with Crippen molar-refractivity contribution in [3.8, 4) is 0 Å². The molecule has 1 amide bonds. The van der Waals surface area contributed by atoms with Crippen LogP contribution in [0.15, 0.2) is 24.3 Å². The minimum Gasteiger partial charge on any atom is -0.481 e. The normalized spacial score (nSPS) is 19.9. The van der Waals surface area contributed by atoms with Gasteiger partial charge in [-0.25, -0.2) is 4.39 Å². The van der Waals surface area contributed by atoms with E-state index in [4.69, 9.17) is 5.11 Å². The van der Waals surface area contributed by atoms with Gasteiger partial charge in [0.1, 0.15) is 5.82 Å². The molecule has 120 valence electrons. The Balaban J connectivity index is 1.94. The lowest BCUT2D eigenvalue weighted by atomic mass is 10.1. The van der Waals surface area contributed by atoms with Crippen LogP contribution in [0.1, 0.15) is 18.9 Å². The van der Waals surface area contributed by atoms with Gasteiger partial charge in [0.05, 0.1) is 12.0 Å². The fourth-order valence-electron chi connectivity index (χ4n) is 2.80. The number of aliphatic carboxylic acids is 1. The van der Waals surface area contributed by atoms with Crippen molar-refractivity contribution < 1.29 is 19.1 Å².